The van der Waals surface area contributed by atoms with Crippen molar-refractivity contribution in [1.82, 2.24) is 0 Å². The van der Waals surface area contributed by atoms with Crippen molar-refractivity contribution in [1.29, 1.82) is 0 Å². The highest BCUT2D eigenvalue weighted by molar-refractivity contribution is 5.98. The van der Waals surface area contributed by atoms with Gasteiger partial charge in [-0.1, -0.05) is 6.07 Å². The molecule has 0 aliphatic rings. The molecule has 0 radical (unpaired) electrons. The fourth-order valence-corrected chi connectivity index (χ4v) is 1.25. The largest absolute Gasteiger partial charge is 0.505 e. The smallest absolute Gasteiger partial charge is 0.339 e. The topological polar surface area (TPSA) is 124 Å². The van der Waals surface area contributed by atoms with Gasteiger partial charge in [-0.15, -0.1) is 0 Å². The van der Waals surface area contributed by atoms with Gasteiger partial charge in [0, 0.05) is 6.42 Å². The summed E-state index contributed by atoms with van der Waals surface area (Å²) in [6.45, 7) is 0. The summed E-state index contributed by atoms with van der Waals surface area (Å²) in [5, 5.41) is 29.0. The number of aromatic hydroxyl groups is 1. The molecule has 96 valence electrons. The molecule has 0 aliphatic heterocycles. The molecule has 18 heavy (non-hydrogen) atoms. The van der Waals surface area contributed by atoms with Gasteiger partial charge in [-0.2, -0.15) is 0 Å². The molecule has 0 aliphatic carbocycles. The second-order valence-corrected chi connectivity index (χ2v) is 3.45. The van der Waals surface area contributed by atoms with Crippen LogP contribution in [0.2, 0.25) is 0 Å². The molecular weight excluding hydrogens is 242 g/mol. The van der Waals surface area contributed by atoms with Crippen LogP contribution >= 0.6 is 0 Å². The molecule has 0 heterocycles. The molecule has 0 bridgehead atoms. The number of hydrogen-bond acceptors (Lipinski definition) is 4. The molecular formula is C11H11NO6. The summed E-state index contributed by atoms with van der Waals surface area (Å²) in [6.07, 6.45) is -0.600. The Morgan fingerprint density at radius 1 is 1.11 bits per heavy atom. The van der Waals surface area contributed by atoms with E-state index in [2.05, 4.69) is 5.32 Å². The third kappa shape index (κ3) is 3.48. The van der Waals surface area contributed by atoms with E-state index in [1.54, 1.807) is 0 Å². The van der Waals surface area contributed by atoms with Gasteiger partial charge in [0.1, 0.15) is 5.56 Å². The maximum atomic E-state index is 11.3. The minimum Gasteiger partial charge on any atom is -0.505 e. The van der Waals surface area contributed by atoms with Crippen molar-refractivity contribution in [2.24, 2.45) is 0 Å². The number of hydrogen-bond donors (Lipinski definition) is 4. The van der Waals surface area contributed by atoms with Crippen LogP contribution < -0.4 is 5.32 Å². The molecule has 1 aromatic rings. The lowest BCUT2D eigenvalue weighted by Crippen LogP contribution is -2.13. The van der Waals surface area contributed by atoms with Crippen LogP contribution in [0.15, 0.2) is 18.2 Å². The normalized spacial score (nSPS) is 9.78. The molecule has 1 amide bonds. The van der Waals surface area contributed by atoms with Crippen molar-refractivity contribution in [3.63, 3.8) is 0 Å². The lowest BCUT2D eigenvalue weighted by Gasteiger charge is -2.08. The van der Waals surface area contributed by atoms with E-state index in [1.807, 2.05) is 0 Å². The number of amides is 1. The lowest BCUT2D eigenvalue weighted by atomic mass is 10.1. The van der Waals surface area contributed by atoms with Gasteiger partial charge in [0.2, 0.25) is 5.91 Å². The van der Waals surface area contributed by atoms with Gasteiger partial charge in [0.25, 0.3) is 0 Å². The number of nitrogens with one attached hydrogen (secondary N) is 1. The summed E-state index contributed by atoms with van der Waals surface area (Å²) < 4.78 is 0. The highest BCUT2D eigenvalue weighted by Gasteiger charge is 2.14. The van der Waals surface area contributed by atoms with Crippen molar-refractivity contribution in [2.45, 2.75) is 12.8 Å². The highest BCUT2D eigenvalue weighted by atomic mass is 16.4. The van der Waals surface area contributed by atoms with E-state index in [0.717, 1.165) is 0 Å². The summed E-state index contributed by atoms with van der Waals surface area (Å²) in [7, 11) is 0. The van der Waals surface area contributed by atoms with Gasteiger partial charge in [-0.05, 0) is 12.1 Å². The van der Waals surface area contributed by atoms with E-state index >= 15 is 0 Å². The molecule has 4 N–H and O–H groups in total. The van der Waals surface area contributed by atoms with Crippen molar-refractivity contribution < 1.29 is 29.7 Å². The van der Waals surface area contributed by atoms with Crippen LogP contribution in [-0.4, -0.2) is 33.2 Å². The van der Waals surface area contributed by atoms with E-state index in [0.29, 0.717) is 0 Å². The van der Waals surface area contributed by atoms with Gasteiger partial charge < -0.3 is 20.6 Å². The molecule has 0 unspecified atom stereocenters. The number of carboxylic acid groups (broad SMARTS) is 2. The number of anilines is 1. The van der Waals surface area contributed by atoms with Gasteiger partial charge in [0.05, 0.1) is 12.1 Å². The third-order valence-electron chi connectivity index (χ3n) is 2.11. The summed E-state index contributed by atoms with van der Waals surface area (Å²) in [4.78, 5) is 32.3. The minimum atomic E-state index is -1.32. The Morgan fingerprint density at radius 3 is 2.33 bits per heavy atom. The molecule has 7 nitrogen and oxygen atoms in total. The zero-order valence-corrected chi connectivity index (χ0v) is 9.21. The van der Waals surface area contributed by atoms with Crippen LogP contribution in [0.4, 0.5) is 5.69 Å². The molecule has 0 spiro atoms. The molecule has 1 rings (SSSR count). The Morgan fingerprint density at radius 2 is 1.78 bits per heavy atom. The van der Waals surface area contributed by atoms with Crippen LogP contribution in [0.1, 0.15) is 23.2 Å². The second-order valence-electron chi connectivity index (χ2n) is 3.45. The number of phenols is 1. The maximum Gasteiger partial charge on any atom is 0.339 e. The molecule has 1 aromatic carbocycles. The first-order valence-electron chi connectivity index (χ1n) is 4.98. The standard InChI is InChI=1S/C11H11NO6/c13-8(4-5-9(14)15)12-7-3-1-2-6(10(7)16)11(17)18/h1-3,16H,4-5H2,(H,12,13)(H,14,15)(H,17,18). The Hall–Kier alpha value is -2.57. The molecule has 0 fully saturated rings. The van der Waals surface area contributed by atoms with E-state index in [4.69, 9.17) is 10.2 Å². The maximum absolute atomic E-state index is 11.3. The van der Waals surface area contributed by atoms with Gasteiger partial charge in [-0.3, -0.25) is 9.59 Å². The number of benzene rings is 1. The molecule has 0 saturated heterocycles. The van der Waals surface area contributed by atoms with Crippen LogP contribution in [0.5, 0.6) is 5.75 Å². The van der Waals surface area contributed by atoms with Gasteiger partial charge >= 0.3 is 11.9 Å². The fraction of sp³-hybridized carbons (Fsp3) is 0.182. The Labute approximate surface area is 102 Å². The summed E-state index contributed by atoms with van der Waals surface area (Å²) in [5.74, 6) is -3.62. The zero-order chi connectivity index (χ0) is 13.7. The monoisotopic (exact) mass is 253 g/mol. The Balaban J connectivity index is 2.79. The number of rotatable bonds is 5. The van der Waals surface area contributed by atoms with E-state index in [-0.39, 0.29) is 24.1 Å². The first-order chi connectivity index (χ1) is 8.41. The summed E-state index contributed by atoms with van der Waals surface area (Å²) in [5.41, 5.74) is -0.406. The minimum absolute atomic E-state index is 0.0645. The lowest BCUT2D eigenvalue weighted by molar-refractivity contribution is -0.138. The Bertz CT molecular complexity index is 496. The van der Waals surface area contributed by atoms with Crippen LogP contribution in [0, 0.1) is 0 Å². The molecule has 0 atom stereocenters. The number of carbonyl (C=O) groups excluding carboxylic acids is 1. The third-order valence-corrected chi connectivity index (χ3v) is 2.11. The summed E-state index contributed by atoms with van der Waals surface area (Å²) >= 11 is 0. The number of aliphatic carboxylic acids is 1. The van der Waals surface area contributed by atoms with Crippen LogP contribution in [0.25, 0.3) is 0 Å². The molecule has 0 aromatic heterocycles. The fourth-order valence-electron chi connectivity index (χ4n) is 1.25. The van der Waals surface area contributed by atoms with Gasteiger partial charge in [0.15, 0.2) is 5.75 Å². The molecule has 7 heteroatoms. The average Bonchev–Trinajstić information content (AvgIpc) is 2.29. The quantitative estimate of drug-likeness (QED) is 0.578. The number of para-hydroxylation sites is 1. The predicted octanol–water partition coefficient (Wildman–Crippen LogP) is 0.894. The van der Waals surface area contributed by atoms with E-state index < -0.39 is 23.6 Å². The number of carboxylic acids is 2. The number of carbonyl (C=O) groups is 3. The van der Waals surface area contributed by atoms with Crippen molar-refractivity contribution in [3.8, 4) is 5.75 Å². The Kier molecular flexibility index (Phi) is 4.25. The average molecular weight is 253 g/mol. The van der Waals surface area contributed by atoms with Crippen LogP contribution in [0.3, 0.4) is 0 Å². The van der Waals surface area contributed by atoms with Crippen LogP contribution in [-0.2, 0) is 9.59 Å². The first-order valence-corrected chi connectivity index (χ1v) is 4.98. The molecule has 0 saturated carbocycles. The van der Waals surface area contributed by atoms with E-state index in [9.17, 15) is 19.5 Å². The predicted molar refractivity (Wildman–Crippen MR) is 60.6 cm³/mol. The second kappa shape index (κ2) is 5.67. The van der Waals surface area contributed by atoms with Gasteiger partial charge in [-0.25, -0.2) is 4.79 Å². The zero-order valence-electron chi connectivity index (χ0n) is 9.21. The SMILES string of the molecule is O=C(O)CCC(=O)Nc1cccc(C(=O)O)c1O. The first kappa shape index (κ1) is 13.5. The summed E-state index contributed by atoms with van der Waals surface area (Å²) in [6, 6.07) is 3.86. The van der Waals surface area contributed by atoms with Crippen molar-refractivity contribution in [2.75, 3.05) is 5.32 Å². The van der Waals surface area contributed by atoms with Crippen molar-refractivity contribution in [3.05, 3.63) is 23.8 Å². The highest BCUT2D eigenvalue weighted by Crippen LogP contribution is 2.27. The number of aromatic carboxylic acids is 1. The van der Waals surface area contributed by atoms with Crippen molar-refractivity contribution >= 4 is 23.5 Å². The van der Waals surface area contributed by atoms with E-state index in [1.165, 1.54) is 18.2 Å².